The average Bonchev–Trinajstić information content (AvgIpc) is 2.55. The largest absolute Gasteiger partial charge is 0.494 e. The molecule has 1 unspecified atom stereocenters. The van der Waals surface area contributed by atoms with Crippen LogP contribution in [0.15, 0.2) is 42.5 Å². The number of benzene rings is 2. The van der Waals surface area contributed by atoms with Crippen LogP contribution in [0.1, 0.15) is 17.2 Å². The maximum absolute atomic E-state index is 13.6. The molecule has 7 heteroatoms. The molecule has 0 amide bonds. The second kappa shape index (κ2) is 8.56. The Balaban J connectivity index is 1.84. The van der Waals surface area contributed by atoms with E-state index in [1.54, 1.807) is 6.07 Å². The van der Waals surface area contributed by atoms with Crippen LogP contribution in [0.25, 0.3) is 0 Å². The molecule has 130 valence electrons. The summed E-state index contributed by atoms with van der Waals surface area (Å²) in [4.78, 5) is 0. The Kier molecular flexibility index (Phi) is 6.45. The fraction of sp³-hybridized carbons (Fsp3) is 0.294. The predicted molar refractivity (Wildman–Crippen MR) is 82.7 cm³/mol. The van der Waals surface area contributed by atoms with Crippen LogP contribution in [0, 0.1) is 5.82 Å². The lowest BCUT2D eigenvalue weighted by atomic mass is 10.1. The molecule has 2 N–H and O–H groups in total. The Morgan fingerprint density at radius 1 is 1.12 bits per heavy atom. The van der Waals surface area contributed by atoms with Gasteiger partial charge in [0.1, 0.15) is 5.75 Å². The minimum Gasteiger partial charge on any atom is -0.494 e. The van der Waals surface area contributed by atoms with Crippen molar-refractivity contribution in [3.05, 3.63) is 59.4 Å². The topological polar surface area (TPSA) is 50.7 Å². The number of hydrogen-bond donors (Lipinski definition) is 2. The molecule has 0 aliphatic heterocycles. The van der Waals surface area contributed by atoms with Crippen molar-refractivity contribution >= 4 is 0 Å². The van der Waals surface area contributed by atoms with E-state index >= 15 is 0 Å². The Bertz CT molecular complexity index is 650. The molecule has 4 nitrogen and oxygen atoms in total. The highest BCUT2D eigenvalue weighted by Crippen LogP contribution is 2.20. The summed E-state index contributed by atoms with van der Waals surface area (Å²) < 4.78 is 46.8. The lowest BCUT2D eigenvalue weighted by Crippen LogP contribution is -2.21. The van der Waals surface area contributed by atoms with E-state index in [9.17, 15) is 18.3 Å². The van der Waals surface area contributed by atoms with Gasteiger partial charge in [-0.1, -0.05) is 18.2 Å². The molecule has 0 aliphatic carbocycles. The van der Waals surface area contributed by atoms with Crippen LogP contribution in [0.5, 0.6) is 11.5 Å². The first-order valence-electron chi connectivity index (χ1n) is 7.25. The minimum atomic E-state index is -2.88. The van der Waals surface area contributed by atoms with Crippen molar-refractivity contribution in [2.45, 2.75) is 19.3 Å². The summed E-state index contributed by atoms with van der Waals surface area (Å²) in [6.07, 6.45) is -0.825. The summed E-state index contributed by atoms with van der Waals surface area (Å²) in [5, 5.41) is 13.1. The summed E-state index contributed by atoms with van der Waals surface area (Å²) in [6, 6.07) is 10.4. The van der Waals surface area contributed by atoms with Gasteiger partial charge in [0.15, 0.2) is 11.6 Å². The van der Waals surface area contributed by atoms with Gasteiger partial charge < -0.3 is 19.9 Å². The van der Waals surface area contributed by atoms with E-state index in [-0.39, 0.29) is 18.0 Å². The maximum Gasteiger partial charge on any atom is 0.387 e. The summed E-state index contributed by atoms with van der Waals surface area (Å²) >= 11 is 0. The fourth-order valence-corrected chi connectivity index (χ4v) is 2.16. The highest BCUT2D eigenvalue weighted by molar-refractivity contribution is 5.30. The van der Waals surface area contributed by atoms with Gasteiger partial charge in [-0.05, 0) is 35.4 Å². The molecule has 1 atom stereocenters. The fourth-order valence-electron chi connectivity index (χ4n) is 2.16. The molecule has 0 aromatic heterocycles. The monoisotopic (exact) mass is 341 g/mol. The van der Waals surface area contributed by atoms with Crippen molar-refractivity contribution in [2.75, 3.05) is 13.7 Å². The third kappa shape index (κ3) is 5.14. The molecule has 2 aromatic rings. The van der Waals surface area contributed by atoms with Crippen LogP contribution in [0.3, 0.4) is 0 Å². The van der Waals surface area contributed by atoms with Gasteiger partial charge in [-0.2, -0.15) is 8.78 Å². The predicted octanol–water partition coefficient (Wildman–Crippen LogP) is 3.26. The maximum atomic E-state index is 13.6. The first-order chi connectivity index (χ1) is 11.5. The van der Waals surface area contributed by atoms with Gasteiger partial charge in [0, 0.05) is 13.1 Å². The molecule has 2 aromatic carbocycles. The molecule has 2 rings (SSSR count). The Morgan fingerprint density at radius 3 is 2.42 bits per heavy atom. The van der Waals surface area contributed by atoms with E-state index in [0.717, 1.165) is 0 Å². The van der Waals surface area contributed by atoms with E-state index in [4.69, 9.17) is 4.74 Å². The number of aliphatic hydroxyl groups excluding tert-OH is 1. The number of hydrogen-bond acceptors (Lipinski definition) is 4. The van der Waals surface area contributed by atoms with Gasteiger partial charge >= 0.3 is 6.61 Å². The van der Waals surface area contributed by atoms with Crippen LogP contribution in [0.2, 0.25) is 0 Å². The van der Waals surface area contributed by atoms with Gasteiger partial charge in [-0.3, -0.25) is 0 Å². The zero-order valence-electron chi connectivity index (χ0n) is 13.0. The molecular formula is C17H18F3NO3. The lowest BCUT2D eigenvalue weighted by Gasteiger charge is -2.13. The average molecular weight is 341 g/mol. The summed E-state index contributed by atoms with van der Waals surface area (Å²) in [5.74, 6) is -0.250. The number of rotatable bonds is 8. The number of aliphatic hydroxyl groups is 1. The Labute approximate surface area is 137 Å². The molecule has 0 radical (unpaired) electrons. The lowest BCUT2D eigenvalue weighted by molar-refractivity contribution is -0.0498. The van der Waals surface area contributed by atoms with Crippen molar-refractivity contribution in [2.24, 2.45) is 0 Å². The number of ether oxygens (including phenoxy) is 2. The SMILES string of the molecule is COc1ccc(CNCC(O)c2ccc(OC(F)F)cc2)cc1F. The Hall–Kier alpha value is -2.25. The van der Waals surface area contributed by atoms with Crippen molar-refractivity contribution in [3.63, 3.8) is 0 Å². The first kappa shape index (κ1) is 18.1. The summed E-state index contributed by atoms with van der Waals surface area (Å²) in [5.41, 5.74) is 1.27. The molecule has 0 bridgehead atoms. The van der Waals surface area contributed by atoms with Gasteiger partial charge in [0.2, 0.25) is 0 Å². The molecule has 0 heterocycles. The second-order valence-corrected chi connectivity index (χ2v) is 5.06. The van der Waals surface area contributed by atoms with Crippen LogP contribution in [-0.4, -0.2) is 25.4 Å². The van der Waals surface area contributed by atoms with Gasteiger partial charge in [-0.25, -0.2) is 4.39 Å². The highest BCUT2D eigenvalue weighted by Gasteiger charge is 2.09. The second-order valence-electron chi connectivity index (χ2n) is 5.06. The van der Waals surface area contributed by atoms with Crippen molar-refractivity contribution in [3.8, 4) is 11.5 Å². The number of alkyl halides is 2. The quantitative estimate of drug-likeness (QED) is 0.774. The number of methoxy groups -OCH3 is 1. The third-order valence-corrected chi connectivity index (χ3v) is 3.37. The molecule has 24 heavy (non-hydrogen) atoms. The number of nitrogens with one attached hydrogen (secondary N) is 1. The Morgan fingerprint density at radius 2 is 1.83 bits per heavy atom. The van der Waals surface area contributed by atoms with Crippen molar-refractivity contribution < 1.29 is 27.8 Å². The molecule has 0 aliphatic rings. The smallest absolute Gasteiger partial charge is 0.387 e. The first-order valence-corrected chi connectivity index (χ1v) is 7.25. The zero-order valence-corrected chi connectivity index (χ0v) is 13.0. The van der Waals surface area contributed by atoms with E-state index in [1.807, 2.05) is 0 Å². The highest BCUT2D eigenvalue weighted by atomic mass is 19.3. The molecule has 0 fully saturated rings. The normalized spacial score (nSPS) is 12.2. The van der Waals surface area contributed by atoms with Crippen molar-refractivity contribution in [1.29, 1.82) is 0 Å². The van der Waals surface area contributed by atoms with E-state index in [2.05, 4.69) is 10.1 Å². The van der Waals surface area contributed by atoms with Crippen molar-refractivity contribution in [1.82, 2.24) is 5.32 Å². The van der Waals surface area contributed by atoms with Gasteiger partial charge in [-0.15, -0.1) is 0 Å². The zero-order chi connectivity index (χ0) is 17.5. The molecule has 0 saturated heterocycles. The molecule has 0 spiro atoms. The van der Waals surface area contributed by atoms with Gasteiger partial charge in [0.25, 0.3) is 0 Å². The summed E-state index contributed by atoms with van der Waals surface area (Å²) in [7, 11) is 1.39. The number of halogens is 3. The standard InChI is InChI=1S/C17H18F3NO3/c1-23-16-7-2-11(8-14(16)18)9-21-10-15(22)12-3-5-13(6-4-12)24-17(19)20/h2-8,15,17,21-22H,9-10H2,1H3. The van der Waals surface area contributed by atoms with Crippen LogP contribution < -0.4 is 14.8 Å². The minimum absolute atomic E-state index is 0.0302. The van der Waals surface area contributed by atoms with E-state index < -0.39 is 18.5 Å². The summed E-state index contributed by atoms with van der Waals surface area (Å²) in [6.45, 7) is -2.29. The van der Waals surface area contributed by atoms with Crippen LogP contribution in [-0.2, 0) is 6.54 Å². The van der Waals surface area contributed by atoms with E-state index in [0.29, 0.717) is 17.7 Å². The van der Waals surface area contributed by atoms with Crippen LogP contribution in [0.4, 0.5) is 13.2 Å². The molecule has 0 saturated carbocycles. The van der Waals surface area contributed by atoms with Gasteiger partial charge in [0.05, 0.1) is 13.2 Å². The molecular weight excluding hydrogens is 323 g/mol. The third-order valence-electron chi connectivity index (χ3n) is 3.37. The van der Waals surface area contributed by atoms with Crippen LogP contribution >= 0.6 is 0 Å². The van der Waals surface area contributed by atoms with E-state index in [1.165, 1.54) is 43.5 Å².